The zero-order valence-corrected chi connectivity index (χ0v) is 7.56. The minimum Gasteiger partial charge on any atom is -0.265 e. The van der Waals surface area contributed by atoms with Gasteiger partial charge in [0, 0.05) is 12.4 Å². The third-order valence-corrected chi connectivity index (χ3v) is 2.34. The summed E-state index contributed by atoms with van der Waals surface area (Å²) in [5.74, 6) is 0.646. The molecular weight excluding hydrogens is 158 g/mol. The monoisotopic (exact) mass is 171 g/mol. The fourth-order valence-electron chi connectivity index (χ4n) is 1.55. The van der Waals surface area contributed by atoms with Crippen LogP contribution in [-0.2, 0) is 6.42 Å². The lowest BCUT2D eigenvalue weighted by molar-refractivity contribution is 0.715. The minimum atomic E-state index is 0.646. The molecule has 0 amide bonds. The van der Waals surface area contributed by atoms with Crippen molar-refractivity contribution < 1.29 is 0 Å². The molecular formula is C12H13N. The highest BCUT2D eigenvalue weighted by atomic mass is 14.6. The van der Waals surface area contributed by atoms with Gasteiger partial charge in [-0.1, -0.05) is 24.3 Å². The second kappa shape index (κ2) is 4.04. The molecule has 1 heterocycles. The topological polar surface area (TPSA) is 12.9 Å². The van der Waals surface area contributed by atoms with Crippen molar-refractivity contribution in [3.05, 3.63) is 54.4 Å². The number of nitrogens with zero attached hydrogens (tertiary/aromatic N) is 1. The molecule has 1 aliphatic carbocycles. The molecule has 1 aromatic heterocycles. The Morgan fingerprint density at radius 3 is 2.46 bits per heavy atom. The normalized spacial score (nSPS) is 15.4. The third kappa shape index (κ3) is 2.28. The van der Waals surface area contributed by atoms with Crippen molar-refractivity contribution in [1.82, 2.24) is 4.98 Å². The van der Waals surface area contributed by atoms with Crippen LogP contribution in [0.25, 0.3) is 0 Å². The van der Waals surface area contributed by atoms with E-state index >= 15 is 0 Å². The zero-order valence-electron chi connectivity index (χ0n) is 7.56. The highest BCUT2D eigenvalue weighted by Gasteiger charge is 2.03. The summed E-state index contributed by atoms with van der Waals surface area (Å²) in [5, 5.41) is 0. The van der Waals surface area contributed by atoms with Gasteiger partial charge >= 0.3 is 0 Å². The summed E-state index contributed by atoms with van der Waals surface area (Å²) in [7, 11) is 0. The first-order chi connectivity index (χ1) is 6.45. The zero-order chi connectivity index (χ0) is 8.93. The van der Waals surface area contributed by atoms with Crippen molar-refractivity contribution in [2.45, 2.75) is 12.8 Å². The molecule has 2 rings (SSSR count). The van der Waals surface area contributed by atoms with E-state index in [9.17, 15) is 0 Å². The van der Waals surface area contributed by atoms with E-state index in [-0.39, 0.29) is 0 Å². The first-order valence-corrected chi connectivity index (χ1v) is 4.69. The van der Waals surface area contributed by atoms with Gasteiger partial charge in [0.05, 0.1) is 0 Å². The summed E-state index contributed by atoms with van der Waals surface area (Å²) in [4.78, 5) is 4.00. The SMILES string of the molecule is C1=CC(CCc2ccncc2)C=C1. The van der Waals surface area contributed by atoms with E-state index in [1.165, 1.54) is 12.0 Å². The van der Waals surface area contributed by atoms with E-state index in [2.05, 4.69) is 41.4 Å². The lowest BCUT2D eigenvalue weighted by Gasteiger charge is -2.04. The Hall–Kier alpha value is -1.37. The summed E-state index contributed by atoms with van der Waals surface area (Å²) < 4.78 is 0. The van der Waals surface area contributed by atoms with Gasteiger partial charge in [0.1, 0.15) is 0 Å². The van der Waals surface area contributed by atoms with Crippen LogP contribution in [0.2, 0.25) is 0 Å². The molecule has 1 heteroatoms. The van der Waals surface area contributed by atoms with Gasteiger partial charge in [0.2, 0.25) is 0 Å². The number of aryl methyl sites for hydroxylation is 1. The van der Waals surface area contributed by atoms with Gasteiger partial charge in [-0.2, -0.15) is 0 Å². The van der Waals surface area contributed by atoms with Crippen LogP contribution in [0.5, 0.6) is 0 Å². The van der Waals surface area contributed by atoms with Crippen molar-refractivity contribution in [3.63, 3.8) is 0 Å². The van der Waals surface area contributed by atoms with Gasteiger partial charge in [-0.3, -0.25) is 4.98 Å². The highest BCUT2D eigenvalue weighted by molar-refractivity contribution is 5.18. The van der Waals surface area contributed by atoms with Crippen molar-refractivity contribution in [2.24, 2.45) is 5.92 Å². The Morgan fingerprint density at radius 2 is 1.77 bits per heavy atom. The van der Waals surface area contributed by atoms with Crippen molar-refractivity contribution in [3.8, 4) is 0 Å². The maximum atomic E-state index is 4.00. The lowest BCUT2D eigenvalue weighted by atomic mass is 10.0. The van der Waals surface area contributed by atoms with Gasteiger partial charge in [0.25, 0.3) is 0 Å². The Kier molecular flexibility index (Phi) is 2.56. The van der Waals surface area contributed by atoms with Crippen LogP contribution in [0.3, 0.4) is 0 Å². The first kappa shape index (κ1) is 8.24. The number of hydrogen-bond acceptors (Lipinski definition) is 1. The fraction of sp³-hybridized carbons (Fsp3) is 0.250. The summed E-state index contributed by atoms with van der Waals surface area (Å²) in [5.41, 5.74) is 1.38. The van der Waals surface area contributed by atoms with Gasteiger partial charge in [-0.15, -0.1) is 0 Å². The lowest BCUT2D eigenvalue weighted by Crippen LogP contribution is -1.93. The number of allylic oxidation sites excluding steroid dienone is 4. The van der Waals surface area contributed by atoms with Crippen LogP contribution in [0.15, 0.2) is 48.8 Å². The molecule has 0 bridgehead atoms. The van der Waals surface area contributed by atoms with E-state index in [0.29, 0.717) is 5.92 Å². The molecule has 1 nitrogen and oxygen atoms in total. The Bertz CT molecular complexity index is 299. The molecule has 0 fully saturated rings. The predicted molar refractivity (Wildman–Crippen MR) is 54.3 cm³/mol. The maximum Gasteiger partial charge on any atom is 0.0270 e. The third-order valence-electron chi connectivity index (χ3n) is 2.34. The van der Waals surface area contributed by atoms with Gasteiger partial charge in [0.15, 0.2) is 0 Å². The van der Waals surface area contributed by atoms with Crippen molar-refractivity contribution >= 4 is 0 Å². The number of rotatable bonds is 3. The van der Waals surface area contributed by atoms with Crippen molar-refractivity contribution in [1.29, 1.82) is 0 Å². The quantitative estimate of drug-likeness (QED) is 0.681. The molecule has 0 aliphatic heterocycles. The molecule has 0 unspecified atom stereocenters. The van der Waals surface area contributed by atoms with E-state index in [1.807, 2.05) is 12.4 Å². The maximum absolute atomic E-state index is 4.00. The van der Waals surface area contributed by atoms with E-state index in [0.717, 1.165) is 6.42 Å². The Balaban J connectivity index is 1.86. The fourth-order valence-corrected chi connectivity index (χ4v) is 1.55. The van der Waals surface area contributed by atoms with Gasteiger partial charge in [-0.25, -0.2) is 0 Å². The molecule has 0 saturated carbocycles. The summed E-state index contributed by atoms with van der Waals surface area (Å²) in [6.07, 6.45) is 14.8. The molecule has 13 heavy (non-hydrogen) atoms. The summed E-state index contributed by atoms with van der Waals surface area (Å²) in [6, 6.07) is 4.17. The second-order valence-corrected chi connectivity index (χ2v) is 3.33. The number of aromatic nitrogens is 1. The van der Waals surface area contributed by atoms with Crippen LogP contribution in [-0.4, -0.2) is 4.98 Å². The average molecular weight is 171 g/mol. The van der Waals surface area contributed by atoms with Crippen LogP contribution < -0.4 is 0 Å². The molecule has 0 N–H and O–H groups in total. The van der Waals surface area contributed by atoms with E-state index in [4.69, 9.17) is 0 Å². The molecule has 1 aromatic rings. The Morgan fingerprint density at radius 1 is 1.08 bits per heavy atom. The smallest absolute Gasteiger partial charge is 0.0270 e. The van der Waals surface area contributed by atoms with E-state index in [1.54, 1.807) is 0 Å². The van der Waals surface area contributed by atoms with Crippen LogP contribution >= 0.6 is 0 Å². The minimum absolute atomic E-state index is 0.646. The second-order valence-electron chi connectivity index (χ2n) is 3.33. The largest absolute Gasteiger partial charge is 0.265 e. The molecule has 0 spiro atoms. The van der Waals surface area contributed by atoms with E-state index < -0.39 is 0 Å². The molecule has 0 saturated heterocycles. The highest BCUT2D eigenvalue weighted by Crippen LogP contribution is 2.15. The van der Waals surface area contributed by atoms with Crippen LogP contribution in [0.4, 0.5) is 0 Å². The number of pyridine rings is 1. The Labute approximate surface area is 78.8 Å². The average Bonchev–Trinajstić information content (AvgIpc) is 2.69. The molecule has 0 atom stereocenters. The first-order valence-electron chi connectivity index (χ1n) is 4.69. The molecule has 66 valence electrons. The number of hydrogen-bond donors (Lipinski definition) is 0. The molecule has 0 radical (unpaired) electrons. The van der Waals surface area contributed by atoms with Crippen LogP contribution in [0, 0.1) is 5.92 Å². The predicted octanol–water partition coefficient (Wildman–Crippen LogP) is 2.76. The molecule has 1 aliphatic rings. The standard InChI is InChI=1S/C12H13N/c1-2-4-11(3-1)5-6-12-7-9-13-10-8-12/h1-4,7-11H,5-6H2. The summed E-state index contributed by atoms with van der Waals surface area (Å²) in [6.45, 7) is 0. The van der Waals surface area contributed by atoms with Crippen molar-refractivity contribution in [2.75, 3.05) is 0 Å². The van der Waals surface area contributed by atoms with Gasteiger partial charge < -0.3 is 0 Å². The van der Waals surface area contributed by atoms with Gasteiger partial charge in [-0.05, 0) is 36.5 Å². The molecule has 0 aromatic carbocycles. The van der Waals surface area contributed by atoms with Crippen LogP contribution in [0.1, 0.15) is 12.0 Å². The summed E-state index contributed by atoms with van der Waals surface area (Å²) >= 11 is 0.